The van der Waals surface area contributed by atoms with Crippen LogP contribution in [0.15, 0.2) is 4.34 Å². The summed E-state index contributed by atoms with van der Waals surface area (Å²) < 4.78 is 0.835. The van der Waals surface area contributed by atoms with E-state index in [1.165, 1.54) is 23.1 Å². The highest BCUT2D eigenvalue weighted by Crippen LogP contribution is 2.25. The molecule has 0 radical (unpaired) electrons. The Morgan fingerprint density at radius 3 is 2.81 bits per heavy atom. The number of rotatable bonds is 7. The number of anilines is 1. The highest BCUT2D eigenvalue weighted by Gasteiger charge is 2.19. The lowest BCUT2D eigenvalue weighted by molar-refractivity contribution is -0.119. The van der Waals surface area contributed by atoms with Crippen LogP contribution in [0, 0.1) is 0 Å². The normalized spacial score (nSPS) is 16.9. The van der Waals surface area contributed by atoms with Gasteiger partial charge in [0.25, 0.3) is 0 Å². The van der Waals surface area contributed by atoms with E-state index in [0.29, 0.717) is 11.8 Å². The largest absolute Gasteiger partial charge is 0.360 e. The summed E-state index contributed by atoms with van der Waals surface area (Å²) in [5.41, 5.74) is 0. The molecule has 0 aromatic carbocycles. The van der Waals surface area contributed by atoms with Gasteiger partial charge in [-0.2, -0.15) is 0 Å². The van der Waals surface area contributed by atoms with Crippen molar-refractivity contribution in [3.63, 3.8) is 0 Å². The zero-order valence-electron chi connectivity index (χ0n) is 12.6. The smallest absolute Gasteiger partial charge is 0.230 e. The molecule has 1 amide bonds. The highest BCUT2D eigenvalue weighted by molar-refractivity contribution is 8.01. The van der Waals surface area contributed by atoms with E-state index in [1.54, 1.807) is 0 Å². The van der Waals surface area contributed by atoms with Gasteiger partial charge < -0.3 is 15.5 Å². The number of hydrogen-bond acceptors (Lipinski definition) is 7. The fourth-order valence-electron chi connectivity index (χ4n) is 2.28. The summed E-state index contributed by atoms with van der Waals surface area (Å²) >= 11 is 2.94. The molecule has 21 heavy (non-hydrogen) atoms. The second-order valence-corrected chi connectivity index (χ2v) is 7.17. The third kappa shape index (κ3) is 5.44. The first-order valence-electron chi connectivity index (χ1n) is 7.43. The van der Waals surface area contributed by atoms with Gasteiger partial charge in [0.05, 0.1) is 5.75 Å². The number of nitrogens with zero attached hydrogens (tertiary/aromatic N) is 3. The Bertz CT molecular complexity index is 446. The molecule has 0 atom stereocenters. The van der Waals surface area contributed by atoms with Crippen molar-refractivity contribution in [3.8, 4) is 0 Å². The first kappa shape index (κ1) is 16.5. The van der Waals surface area contributed by atoms with Gasteiger partial charge in [0.1, 0.15) is 0 Å². The Kier molecular flexibility index (Phi) is 6.72. The summed E-state index contributed by atoms with van der Waals surface area (Å²) in [7, 11) is 0. The van der Waals surface area contributed by atoms with E-state index >= 15 is 0 Å². The molecule has 1 fully saturated rings. The molecule has 2 N–H and O–H groups in total. The maximum absolute atomic E-state index is 12.0. The van der Waals surface area contributed by atoms with Crippen molar-refractivity contribution in [2.75, 3.05) is 37.2 Å². The van der Waals surface area contributed by atoms with E-state index < -0.39 is 0 Å². The molecule has 0 bridgehead atoms. The Hall–Kier alpha value is -0.860. The third-order valence-electron chi connectivity index (χ3n) is 3.46. The molecule has 0 spiro atoms. The van der Waals surface area contributed by atoms with Gasteiger partial charge in [-0.3, -0.25) is 4.79 Å². The lowest BCUT2D eigenvalue weighted by Gasteiger charge is -2.31. The monoisotopic (exact) mass is 329 g/mol. The summed E-state index contributed by atoms with van der Waals surface area (Å²) in [6, 6.07) is 0.327. The minimum Gasteiger partial charge on any atom is -0.360 e. The summed E-state index contributed by atoms with van der Waals surface area (Å²) in [6.45, 7) is 8.29. The lowest BCUT2D eigenvalue weighted by Crippen LogP contribution is -2.45. The number of aromatic nitrogens is 2. The van der Waals surface area contributed by atoms with Crippen molar-refractivity contribution in [2.45, 2.75) is 37.1 Å². The van der Waals surface area contributed by atoms with Crippen LogP contribution in [0.5, 0.6) is 0 Å². The topological polar surface area (TPSA) is 70.1 Å². The number of likely N-dealkylation sites (tertiary alicyclic amines) is 1. The minimum absolute atomic E-state index is 0.0927. The van der Waals surface area contributed by atoms with E-state index in [2.05, 4.69) is 32.7 Å². The molecule has 118 valence electrons. The second kappa shape index (κ2) is 8.55. The van der Waals surface area contributed by atoms with E-state index in [1.807, 2.05) is 6.92 Å². The molecule has 1 aromatic heterocycles. The Morgan fingerprint density at radius 2 is 2.14 bits per heavy atom. The molecular weight excluding hydrogens is 306 g/mol. The molecule has 1 saturated heterocycles. The van der Waals surface area contributed by atoms with Crippen LogP contribution in [0.2, 0.25) is 0 Å². The molecule has 1 aromatic rings. The quantitative estimate of drug-likeness (QED) is 0.742. The molecule has 1 aliphatic rings. The average molecular weight is 329 g/mol. The zero-order chi connectivity index (χ0) is 15.1. The van der Waals surface area contributed by atoms with E-state index in [9.17, 15) is 4.79 Å². The van der Waals surface area contributed by atoms with Crippen LogP contribution in [0.25, 0.3) is 0 Å². The first-order valence-corrected chi connectivity index (χ1v) is 9.23. The summed E-state index contributed by atoms with van der Waals surface area (Å²) in [5, 5.41) is 15.1. The number of piperidine rings is 1. The highest BCUT2D eigenvalue weighted by atomic mass is 32.2. The average Bonchev–Trinajstić information content (AvgIpc) is 2.94. The fourth-order valence-corrected chi connectivity index (χ4v) is 3.91. The van der Waals surface area contributed by atoms with Crippen LogP contribution in [-0.2, 0) is 4.79 Å². The molecule has 0 aliphatic carbocycles. The number of nitrogens with one attached hydrogen (secondary N) is 2. The molecule has 1 aliphatic heterocycles. The van der Waals surface area contributed by atoms with Gasteiger partial charge in [0, 0.05) is 25.7 Å². The number of hydrogen-bond donors (Lipinski definition) is 2. The third-order valence-corrected chi connectivity index (χ3v) is 5.48. The molecule has 2 rings (SSSR count). The maximum Gasteiger partial charge on any atom is 0.230 e. The van der Waals surface area contributed by atoms with E-state index in [4.69, 9.17) is 0 Å². The van der Waals surface area contributed by atoms with Crippen LogP contribution in [0.1, 0.15) is 26.7 Å². The Balaban J connectivity index is 1.67. The van der Waals surface area contributed by atoms with Crippen LogP contribution < -0.4 is 10.6 Å². The SMILES string of the molecule is CCNc1nnc(SCC(=O)NC2CCN(CC)CC2)s1. The molecule has 0 unspecified atom stereocenters. The standard InChI is InChI=1S/C13H23N5OS2/c1-3-14-12-16-17-13(21-12)20-9-11(19)15-10-5-7-18(4-2)8-6-10/h10H,3-9H2,1-2H3,(H,14,16)(H,15,19). The summed E-state index contributed by atoms with van der Waals surface area (Å²) in [6.07, 6.45) is 2.10. The van der Waals surface area contributed by atoms with Gasteiger partial charge in [0.2, 0.25) is 11.0 Å². The number of carbonyl (C=O) groups excluding carboxylic acids is 1. The van der Waals surface area contributed by atoms with Crippen LogP contribution in [-0.4, -0.2) is 59.0 Å². The van der Waals surface area contributed by atoms with Crippen molar-refractivity contribution >= 4 is 34.1 Å². The van der Waals surface area contributed by atoms with E-state index in [-0.39, 0.29) is 5.91 Å². The van der Waals surface area contributed by atoms with Crippen molar-refractivity contribution in [2.24, 2.45) is 0 Å². The van der Waals surface area contributed by atoms with Crippen LogP contribution in [0.3, 0.4) is 0 Å². The van der Waals surface area contributed by atoms with Crippen molar-refractivity contribution in [1.29, 1.82) is 0 Å². The lowest BCUT2D eigenvalue weighted by atomic mass is 10.1. The molecule has 6 nitrogen and oxygen atoms in total. The van der Waals surface area contributed by atoms with Crippen molar-refractivity contribution < 1.29 is 4.79 Å². The second-order valence-electron chi connectivity index (χ2n) is 4.97. The van der Waals surface area contributed by atoms with Gasteiger partial charge in [-0.05, 0) is 26.3 Å². The van der Waals surface area contributed by atoms with Crippen LogP contribution in [0.4, 0.5) is 5.13 Å². The van der Waals surface area contributed by atoms with Crippen molar-refractivity contribution in [1.82, 2.24) is 20.4 Å². The molecular formula is C13H23N5OS2. The number of carbonyl (C=O) groups is 1. The number of thioether (sulfide) groups is 1. The Labute approximate surface area is 134 Å². The van der Waals surface area contributed by atoms with Crippen LogP contribution >= 0.6 is 23.1 Å². The first-order chi connectivity index (χ1) is 10.2. The van der Waals surface area contributed by atoms with Gasteiger partial charge in [-0.15, -0.1) is 10.2 Å². The Morgan fingerprint density at radius 1 is 1.38 bits per heavy atom. The minimum atomic E-state index is 0.0927. The van der Waals surface area contributed by atoms with Gasteiger partial charge in [0.15, 0.2) is 4.34 Å². The molecule has 2 heterocycles. The van der Waals surface area contributed by atoms with Gasteiger partial charge in [-0.1, -0.05) is 30.0 Å². The number of amides is 1. The zero-order valence-corrected chi connectivity index (χ0v) is 14.2. The van der Waals surface area contributed by atoms with Crippen molar-refractivity contribution in [3.05, 3.63) is 0 Å². The fraction of sp³-hybridized carbons (Fsp3) is 0.769. The summed E-state index contributed by atoms with van der Waals surface area (Å²) in [5.74, 6) is 0.504. The summed E-state index contributed by atoms with van der Waals surface area (Å²) in [4.78, 5) is 14.4. The predicted octanol–water partition coefficient (Wildman–Crippen LogP) is 1.66. The predicted molar refractivity (Wildman–Crippen MR) is 88.1 cm³/mol. The molecule has 8 heteroatoms. The maximum atomic E-state index is 12.0. The van der Waals surface area contributed by atoms with Gasteiger partial charge >= 0.3 is 0 Å². The molecule has 0 saturated carbocycles. The van der Waals surface area contributed by atoms with Gasteiger partial charge in [-0.25, -0.2) is 0 Å². The van der Waals surface area contributed by atoms with E-state index in [0.717, 1.165) is 48.5 Å².